The predicted molar refractivity (Wildman–Crippen MR) is 169 cm³/mol. The topological polar surface area (TPSA) is 92.2 Å². The van der Waals surface area contributed by atoms with Gasteiger partial charge in [-0.1, -0.05) is 54.1 Å². The van der Waals surface area contributed by atoms with E-state index in [9.17, 15) is 9.59 Å². The van der Waals surface area contributed by atoms with Crippen LogP contribution in [0.4, 0.5) is 5.69 Å². The summed E-state index contributed by atoms with van der Waals surface area (Å²) in [6.45, 7) is 16.0. The molecule has 0 fully saturated rings. The Kier molecular flexibility index (Phi) is 10.5. The zero-order valence-corrected chi connectivity index (χ0v) is 24.9. The fraction of sp³-hybridized carbons (Fsp3) is 0.235. The number of rotatable bonds is 8. The van der Waals surface area contributed by atoms with E-state index in [1.165, 1.54) is 12.7 Å². The molecule has 2 aromatic rings. The van der Waals surface area contributed by atoms with Crippen molar-refractivity contribution in [2.45, 2.75) is 41.5 Å². The van der Waals surface area contributed by atoms with Gasteiger partial charge in [-0.3, -0.25) is 9.59 Å². The second kappa shape index (κ2) is 14.0. The first-order valence-corrected chi connectivity index (χ1v) is 13.4. The molecular weight excluding hydrogens is 512 g/mol. The van der Waals surface area contributed by atoms with Crippen molar-refractivity contribution in [2.24, 2.45) is 9.98 Å². The maximum atomic E-state index is 13.2. The Bertz CT molecular complexity index is 1530. The summed E-state index contributed by atoms with van der Waals surface area (Å²) in [7, 11) is 1.52. The van der Waals surface area contributed by atoms with E-state index in [-0.39, 0.29) is 18.4 Å². The molecule has 0 heterocycles. The van der Waals surface area contributed by atoms with Gasteiger partial charge in [-0.15, -0.1) is 0 Å². The molecule has 1 aliphatic carbocycles. The molecule has 3 rings (SSSR count). The summed E-state index contributed by atoms with van der Waals surface area (Å²) in [5.41, 5.74) is 8.68. The molecule has 0 saturated heterocycles. The number of amides is 2. The second-order valence-electron chi connectivity index (χ2n) is 10.0. The Morgan fingerprint density at radius 3 is 2.27 bits per heavy atom. The monoisotopic (exact) mass is 550 g/mol. The third kappa shape index (κ3) is 8.35. The molecule has 0 spiro atoms. The van der Waals surface area contributed by atoms with Crippen molar-refractivity contribution < 1.29 is 14.3 Å². The van der Waals surface area contributed by atoms with Crippen molar-refractivity contribution in [3.8, 4) is 0 Å². The molecule has 212 valence electrons. The highest BCUT2D eigenvalue weighted by atomic mass is 16.5. The maximum Gasteiger partial charge on any atom is 0.251 e. The van der Waals surface area contributed by atoms with Crippen LogP contribution in [0.2, 0.25) is 0 Å². The minimum absolute atomic E-state index is 0.160. The normalized spacial score (nSPS) is 14.9. The fourth-order valence-corrected chi connectivity index (χ4v) is 4.00. The fourth-order valence-electron chi connectivity index (χ4n) is 4.00. The van der Waals surface area contributed by atoms with Crippen LogP contribution in [0.15, 0.2) is 106 Å². The molecule has 2 amide bonds. The molecular formula is C34H38N4O3. The van der Waals surface area contributed by atoms with Crippen LogP contribution in [0, 0.1) is 13.8 Å². The Hall–Kier alpha value is -4.78. The quantitative estimate of drug-likeness (QED) is 0.213. The van der Waals surface area contributed by atoms with Gasteiger partial charge in [-0.2, -0.15) is 0 Å². The Morgan fingerprint density at radius 1 is 0.951 bits per heavy atom. The van der Waals surface area contributed by atoms with E-state index in [2.05, 4.69) is 28.3 Å². The minimum Gasteiger partial charge on any atom is -0.483 e. The Balaban J connectivity index is 1.71. The standard InChI is InChI=1S/C34H38N4O3/c1-21(2)25(6)37-32(41-8)20-35-34(40)27-14-16-28(17-15-27)38-33(39)24(5)30-11-9-10-12-31(30)36-26(7)29-18-13-22(3)19-23(29)4/h9-19H,7,20H2,1-6,8H3,(H,35,40)(H,38,39)/b30-24+,36-31?,37-32?. The number of benzene rings is 2. The summed E-state index contributed by atoms with van der Waals surface area (Å²) in [5, 5.41) is 5.72. The van der Waals surface area contributed by atoms with Crippen molar-refractivity contribution >= 4 is 34.8 Å². The molecule has 0 aromatic heterocycles. The summed E-state index contributed by atoms with van der Waals surface area (Å²) in [6.07, 6.45) is 7.50. The number of aryl methyl sites for hydroxylation is 2. The Labute approximate surface area is 242 Å². The van der Waals surface area contributed by atoms with E-state index >= 15 is 0 Å². The van der Waals surface area contributed by atoms with Gasteiger partial charge in [0.15, 0.2) is 0 Å². The zero-order chi connectivity index (χ0) is 30.1. The van der Waals surface area contributed by atoms with Gasteiger partial charge in [0.2, 0.25) is 5.90 Å². The summed E-state index contributed by atoms with van der Waals surface area (Å²) in [4.78, 5) is 34.9. The number of aliphatic imine (C=N–C) groups is 2. The summed E-state index contributed by atoms with van der Waals surface area (Å²) < 4.78 is 5.28. The van der Waals surface area contributed by atoms with Crippen molar-refractivity contribution in [2.75, 3.05) is 19.0 Å². The van der Waals surface area contributed by atoms with E-state index < -0.39 is 0 Å². The Morgan fingerprint density at radius 2 is 1.63 bits per heavy atom. The lowest BCUT2D eigenvalue weighted by atomic mass is 9.98. The molecule has 0 bridgehead atoms. The number of hydrogen-bond donors (Lipinski definition) is 2. The van der Waals surface area contributed by atoms with Gasteiger partial charge in [0.25, 0.3) is 11.8 Å². The van der Waals surface area contributed by atoms with Crippen LogP contribution in [0.3, 0.4) is 0 Å². The number of nitrogens with one attached hydrogen (secondary N) is 2. The number of hydrogen-bond acceptors (Lipinski definition) is 5. The first kappa shape index (κ1) is 30.8. The molecule has 7 nitrogen and oxygen atoms in total. The number of methoxy groups -OCH3 is 1. The predicted octanol–water partition coefficient (Wildman–Crippen LogP) is 6.88. The number of ether oxygens (including phenoxy) is 1. The molecule has 41 heavy (non-hydrogen) atoms. The van der Waals surface area contributed by atoms with E-state index in [1.54, 1.807) is 31.2 Å². The van der Waals surface area contributed by atoms with E-state index in [4.69, 9.17) is 9.73 Å². The summed E-state index contributed by atoms with van der Waals surface area (Å²) in [5.74, 6) is -0.126. The average Bonchev–Trinajstić information content (AvgIpc) is 2.95. The SMILES string of the molecule is C=C(N=C1C=CC=C/C1=C(/C)C(=O)Nc1ccc(C(=O)NCC(=NC(C)=C(C)C)OC)cc1)c1ccc(C)cc1C. The van der Waals surface area contributed by atoms with Gasteiger partial charge >= 0.3 is 0 Å². The van der Waals surface area contributed by atoms with Crippen molar-refractivity contribution in [3.63, 3.8) is 0 Å². The molecule has 0 unspecified atom stereocenters. The highest BCUT2D eigenvalue weighted by Crippen LogP contribution is 2.23. The summed E-state index contributed by atoms with van der Waals surface area (Å²) in [6, 6.07) is 12.8. The van der Waals surface area contributed by atoms with Gasteiger partial charge in [0.05, 0.1) is 25.1 Å². The minimum atomic E-state index is -0.273. The van der Waals surface area contributed by atoms with Gasteiger partial charge in [-0.05, 0) is 77.4 Å². The van der Waals surface area contributed by atoms with E-state index in [0.29, 0.717) is 39.7 Å². The van der Waals surface area contributed by atoms with E-state index in [0.717, 1.165) is 22.4 Å². The molecule has 2 aromatic carbocycles. The van der Waals surface area contributed by atoms with Gasteiger partial charge in [0, 0.05) is 33.7 Å². The van der Waals surface area contributed by atoms with Crippen LogP contribution >= 0.6 is 0 Å². The van der Waals surface area contributed by atoms with Gasteiger partial charge < -0.3 is 15.4 Å². The first-order chi connectivity index (χ1) is 19.5. The van der Waals surface area contributed by atoms with Crippen LogP contribution in [0.1, 0.15) is 54.7 Å². The molecule has 1 aliphatic rings. The number of allylic oxidation sites excluding steroid dienone is 7. The third-order valence-electron chi connectivity index (χ3n) is 6.65. The first-order valence-electron chi connectivity index (χ1n) is 13.4. The lowest BCUT2D eigenvalue weighted by Gasteiger charge is -2.14. The molecule has 0 saturated carbocycles. The highest BCUT2D eigenvalue weighted by Gasteiger charge is 2.16. The molecule has 0 radical (unpaired) electrons. The van der Waals surface area contributed by atoms with Crippen LogP contribution < -0.4 is 10.6 Å². The van der Waals surface area contributed by atoms with Crippen LogP contribution in [0.5, 0.6) is 0 Å². The van der Waals surface area contributed by atoms with Gasteiger partial charge in [0.1, 0.15) is 0 Å². The van der Waals surface area contributed by atoms with Crippen LogP contribution in [0.25, 0.3) is 5.70 Å². The molecule has 2 N–H and O–H groups in total. The van der Waals surface area contributed by atoms with Crippen molar-refractivity contribution in [1.29, 1.82) is 0 Å². The average molecular weight is 551 g/mol. The lowest BCUT2D eigenvalue weighted by molar-refractivity contribution is -0.112. The molecule has 0 aliphatic heterocycles. The number of nitrogens with zero attached hydrogens (tertiary/aromatic N) is 2. The smallest absolute Gasteiger partial charge is 0.251 e. The zero-order valence-electron chi connectivity index (χ0n) is 24.9. The molecule has 7 heteroatoms. The van der Waals surface area contributed by atoms with Crippen molar-refractivity contribution in [3.05, 3.63) is 118 Å². The highest BCUT2D eigenvalue weighted by molar-refractivity contribution is 6.19. The number of anilines is 1. The lowest BCUT2D eigenvalue weighted by Crippen LogP contribution is -2.30. The number of carbonyl (C=O) groups is 2. The maximum absolute atomic E-state index is 13.2. The third-order valence-corrected chi connectivity index (χ3v) is 6.65. The van der Waals surface area contributed by atoms with Gasteiger partial charge in [-0.25, -0.2) is 9.98 Å². The largest absolute Gasteiger partial charge is 0.483 e. The second-order valence-corrected chi connectivity index (χ2v) is 10.0. The number of carbonyl (C=O) groups excluding carboxylic acids is 2. The summed E-state index contributed by atoms with van der Waals surface area (Å²) >= 11 is 0. The van der Waals surface area contributed by atoms with E-state index in [1.807, 2.05) is 71.1 Å². The van der Waals surface area contributed by atoms with Crippen LogP contribution in [-0.4, -0.2) is 37.1 Å². The van der Waals surface area contributed by atoms with Crippen LogP contribution in [-0.2, 0) is 9.53 Å². The molecule has 0 atom stereocenters. The van der Waals surface area contributed by atoms with Crippen molar-refractivity contribution in [1.82, 2.24) is 5.32 Å².